The number of hydrogen-bond donors (Lipinski definition) is 0. The van der Waals surface area contributed by atoms with E-state index in [1.165, 1.54) is 32.1 Å². The maximum atomic E-state index is 12.6. The second kappa shape index (κ2) is 7.60. The first-order valence-electron chi connectivity index (χ1n) is 8.07. The van der Waals surface area contributed by atoms with Crippen molar-refractivity contribution < 1.29 is 9.53 Å². The van der Waals surface area contributed by atoms with Gasteiger partial charge >= 0.3 is 0 Å². The number of benzene rings is 1. The molecule has 0 bridgehead atoms. The van der Waals surface area contributed by atoms with Gasteiger partial charge in [0.1, 0.15) is 5.75 Å². The molecule has 0 spiro atoms. The van der Waals surface area contributed by atoms with Crippen molar-refractivity contribution in [2.75, 3.05) is 20.2 Å². The molecule has 0 saturated carbocycles. The monoisotopic (exact) mass is 289 g/mol. The maximum absolute atomic E-state index is 12.6. The molecule has 0 aliphatic carbocycles. The Bertz CT molecular complexity index is 482. The lowest BCUT2D eigenvalue weighted by atomic mass is 9.97. The number of hydrogen-bond acceptors (Lipinski definition) is 3. The van der Waals surface area contributed by atoms with E-state index in [1.54, 1.807) is 7.11 Å². The Morgan fingerprint density at radius 3 is 2.90 bits per heavy atom. The van der Waals surface area contributed by atoms with Crippen LogP contribution in [0.1, 0.15) is 54.9 Å². The summed E-state index contributed by atoms with van der Waals surface area (Å²) in [5, 5.41) is 0. The van der Waals surface area contributed by atoms with Crippen LogP contribution in [0.25, 0.3) is 0 Å². The van der Waals surface area contributed by atoms with E-state index in [-0.39, 0.29) is 5.78 Å². The highest BCUT2D eigenvalue weighted by molar-refractivity contribution is 6.00. The Labute approximate surface area is 128 Å². The van der Waals surface area contributed by atoms with Crippen LogP contribution in [0.15, 0.2) is 18.2 Å². The summed E-state index contributed by atoms with van der Waals surface area (Å²) in [6, 6.07) is 6.39. The van der Waals surface area contributed by atoms with Gasteiger partial charge in [0.15, 0.2) is 5.78 Å². The molecule has 1 atom stereocenters. The summed E-state index contributed by atoms with van der Waals surface area (Å²) in [7, 11) is 1.63. The third kappa shape index (κ3) is 4.07. The van der Waals surface area contributed by atoms with Crippen LogP contribution < -0.4 is 4.74 Å². The highest BCUT2D eigenvalue weighted by Gasteiger charge is 2.24. The van der Waals surface area contributed by atoms with Gasteiger partial charge in [0.2, 0.25) is 0 Å². The van der Waals surface area contributed by atoms with Gasteiger partial charge < -0.3 is 4.74 Å². The highest BCUT2D eigenvalue weighted by Crippen LogP contribution is 2.24. The highest BCUT2D eigenvalue weighted by atomic mass is 16.5. The Hall–Kier alpha value is -1.35. The van der Waals surface area contributed by atoms with E-state index in [0.717, 1.165) is 12.1 Å². The molecule has 1 aliphatic rings. The van der Waals surface area contributed by atoms with Crippen molar-refractivity contribution in [2.24, 2.45) is 0 Å². The largest absolute Gasteiger partial charge is 0.496 e. The van der Waals surface area contributed by atoms with E-state index < -0.39 is 0 Å². The van der Waals surface area contributed by atoms with Crippen molar-refractivity contribution in [2.45, 2.75) is 52.0 Å². The number of ketones is 1. The number of methoxy groups -OCH3 is 1. The predicted molar refractivity (Wildman–Crippen MR) is 86.2 cm³/mol. The lowest BCUT2D eigenvalue weighted by molar-refractivity contribution is 0.0828. The molecule has 0 radical (unpaired) electrons. The summed E-state index contributed by atoms with van der Waals surface area (Å²) < 4.78 is 5.37. The third-order valence-electron chi connectivity index (χ3n) is 4.38. The molecule has 1 aromatic rings. The minimum atomic E-state index is 0.176. The van der Waals surface area contributed by atoms with Gasteiger partial charge in [-0.15, -0.1) is 0 Å². The van der Waals surface area contributed by atoms with Crippen LogP contribution in [0.4, 0.5) is 0 Å². The van der Waals surface area contributed by atoms with Crippen LogP contribution in [0.3, 0.4) is 0 Å². The van der Waals surface area contributed by atoms with Gasteiger partial charge in [-0.2, -0.15) is 0 Å². The Morgan fingerprint density at radius 2 is 2.19 bits per heavy atom. The molecule has 1 unspecified atom stereocenters. The molecule has 2 rings (SSSR count). The zero-order valence-electron chi connectivity index (χ0n) is 13.5. The van der Waals surface area contributed by atoms with Crippen LogP contribution in [-0.2, 0) is 0 Å². The number of ether oxygens (including phenoxy) is 1. The number of aryl methyl sites for hydroxylation is 1. The number of rotatable bonds is 6. The molecule has 1 heterocycles. The molecule has 21 heavy (non-hydrogen) atoms. The van der Waals surface area contributed by atoms with E-state index in [9.17, 15) is 4.79 Å². The van der Waals surface area contributed by atoms with Crippen LogP contribution in [0, 0.1) is 6.92 Å². The quantitative estimate of drug-likeness (QED) is 0.745. The molecule has 0 N–H and O–H groups in total. The van der Waals surface area contributed by atoms with Gasteiger partial charge in [-0.25, -0.2) is 0 Å². The number of carbonyl (C=O) groups is 1. The van der Waals surface area contributed by atoms with Crippen molar-refractivity contribution in [3.63, 3.8) is 0 Å². The smallest absolute Gasteiger partial charge is 0.180 e. The molecular formula is C18H27NO2. The SMILES string of the molecule is CCCC1CCCCN1CC(=O)c1ccc(C)cc1OC. The fourth-order valence-corrected chi connectivity index (χ4v) is 3.23. The molecule has 1 fully saturated rings. The predicted octanol–water partition coefficient (Wildman–Crippen LogP) is 3.84. The number of piperidine rings is 1. The zero-order valence-corrected chi connectivity index (χ0v) is 13.5. The number of Topliss-reactive ketones (excluding diaryl/α,β-unsaturated/α-hetero) is 1. The van der Waals surface area contributed by atoms with Gasteiger partial charge in [0.05, 0.1) is 19.2 Å². The van der Waals surface area contributed by atoms with E-state index in [4.69, 9.17) is 4.74 Å². The first-order chi connectivity index (χ1) is 10.2. The van der Waals surface area contributed by atoms with Crippen molar-refractivity contribution in [1.82, 2.24) is 4.90 Å². The molecular weight excluding hydrogens is 262 g/mol. The van der Waals surface area contributed by atoms with E-state index in [2.05, 4.69) is 11.8 Å². The summed E-state index contributed by atoms with van der Waals surface area (Å²) in [5.41, 5.74) is 1.83. The third-order valence-corrected chi connectivity index (χ3v) is 4.38. The number of likely N-dealkylation sites (tertiary alicyclic amines) is 1. The van der Waals surface area contributed by atoms with Gasteiger partial charge in [0, 0.05) is 6.04 Å². The molecule has 3 heteroatoms. The van der Waals surface area contributed by atoms with Gasteiger partial charge in [-0.05, 0) is 50.4 Å². The molecule has 0 amide bonds. The molecule has 3 nitrogen and oxygen atoms in total. The summed E-state index contributed by atoms with van der Waals surface area (Å²) >= 11 is 0. The van der Waals surface area contributed by atoms with Crippen molar-refractivity contribution in [3.05, 3.63) is 29.3 Å². The van der Waals surface area contributed by atoms with Crippen LogP contribution in [0.5, 0.6) is 5.75 Å². The molecule has 0 aromatic heterocycles. The van der Waals surface area contributed by atoms with E-state index >= 15 is 0 Å². The lowest BCUT2D eigenvalue weighted by Gasteiger charge is -2.35. The first kappa shape index (κ1) is 16.0. The summed E-state index contributed by atoms with van der Waals surface area (Å²) in [6.07, 6.45) is 6.11. The fraction of sp³-hybridized carbons (Fsp3) is 0.611. The van der Waals surface area contributed by atoms with Gasteiger partial charge in [-0.1, -0.05) is 25.8 Å². The standard InChI is InChI=1S/C18H27NO2/c1-4-7-15-8-5-6-11-19(15)13-17(20)16-10-9-14(2)12-18(16)21-3/h9-10,12,15H,4-8,11,13H2,1-3H3. The maximum Gasteiger partial charge on any atom is 0.180 e. The average Bonchev–Trinajstić information content (AvgIpc) is 2.49. The number of carbonyl (C=O) groups excluding carboxylic acids is 1. The molecule has 1 aromatic carbocycles. The Balaban J connectivity index is 2.09. The van der Waals surface area contributed by atoms with Crippen molar-refractivity contribution in [3.8, 4) is 5.75 Å². The Morgan fingerprint density at radius 1 is 1.38 bits per heavy atom. The van der Waals surface area contributed by atoms with Gasteiger partial charge in [-0.3, -0.25) is 9.69 Å². The summed E-state index contributed by atoms with van der Waals surface area (Å²) in [4.78, 5) is 15.0. The van der Waals surface area contributed by atoms with Crippen LogP contribution in [0.2, 0.25) is 0 Å². The normalized spacial score (nSPS) is 19.5. The van der Waals surface area contributed by atoms with Gasteiger partial charge in [0.25, 0.3) is 0 Å². The lowest BCUT2D eigenvalue weighted by Crippen LogP contribution is -2.42. The molecule has 116 valence electrons. The van der Waals surface area contributed by atoms with E-state index in [1.807, 2.05) is 25.1 Å². The average molecular weight is 289 g/mol. The van der Waals surface area contributed by atoms with Crippen LogP contribution >= 0.6 is 0 Å². The van der Waals surface area contributed by atoms with Crippen molar-refractivity contribution >= 4 is 5.78 Å². The molecule has 1 aliphatic heterocycles. The second-order valence-corrected chi connectivity index (χ2v) is 6.04. The Kier molecular flexibility index (Phi) is 5.80. The van der Waals surface area contributed by atoms with E-state index in [0.29, 0.717) is 23.9 Å². The fourth-order valence-electron chi connectivity index (χ4n) is 3.23. The topological polar surface area (TPSA) is 29.5 Å². The number of nitrogens with zero attached hydrogens (tertiary/aromatic N) is 1. The first-order valence-corrected chi connectivity index (χ1v) is 8.07. The van der Waals surface area contributed by atoms with Crippen molar-refractivity contribution in [1.29, 1.82) is 0 Å². The molecule has 1 saturated heterocycles. The zero-order chi connectivity index (χ0) is 15.2. The summed E-state index contributed by atoms with van der Waals surface area (Å²) in [6.45, 7) is 5.80. The summed E-state index contributed by atoms with van der Waals surface area (Å²) in [5.74, 6) is 0.874. The minimum absolute atomic E-state index is 0.176. The minimum Gasteiger partial charge on any atom is -0.496 e. The van der Waals surface area contributed by atoms with Crippen LogP contribution in [-0.4, -0.2) is 36.9 Å². The second-order valence-electron chi connectivity index (χ2n) is 6.04.